The van der Waals surface area contributed by atoms with E-state index in [1.54, 1.807) is 30.5 Å². The molecule has 0 saturated carbocycles. The number of rotatable bonds is 10. The molecule has 0 saturated heterocycles. The first-order chi connectivity index (χ1) is 16.9. The van der Waals surface area contributed by atoms with Gasteiger partial charge in [0.2, 0.25) is 5.78 Å². The topological polar surface area (TPSA) is 76.2 Å². The van der Waals surface area contributed by atoms with Crippen molar-refractivity contribution in [3.63, 3.8) is 0 Å². The normalized spacial score (nSPS) is 11.1. The largest absolute Gasteiger partial charge is 0.468 e. The number of H-pyrrole nitrogens is 1. The Hall–Kier alpha value is -3.14. The lowest BCUT2D eigenvalue weighted by molar-refractivity contribution is 0.0511. The van der Waals surface area contributed by atoms with Crippen molar-refractivity contribution in [2.75, 3.05) is 24.4 Å². The quantitative estimate of drug-likeness (QED) is 0.104. The number of aromatic amines is 1. The standard InChI is InChI=1S/C25H22ClF2N3O3S/c1-3-8-35-31-21-7-6-20(27)22(23(21)28)24(32)18-12-30-25-17(18)9-14(11-29-25)16-5-4-15(10-19(16)26)34-13-33-2/h4-7,9-12,31H,3,8,13H2,1-2H3,(H,29,30). The number of fused-ring (bicyclic) bond motifs is 1. The molecule has 0 fully saturated rings. The number of benzene rings is 2. The summed E-state index contributed by atoms with van der Waals surface area (Å²) in [5, 5.41) is 0.824. The second-order valence-corrected chi connectivity index (χ2v) is 8.89. The zero-order chi connectivity index (χ0) is 24.9. The second kappa shape index (κ2) is 11.1. The van der Waals surface area contributed by atoms with E-state index in [0.29, 0.717) is 32.9 Å². The number of nitrogens with zero attached hydrogens (tertiary/aromatic N) is 1. The maximum absolute atomic E-state index is 15.1. The van der Waals surface area contributed by atoms with Crippen molar-refractivity contribution in [2.45, 2.75) is 13.3 Å². The molecule has 0 atom stereocenters. The maximum atomic E-state index is 15.1. The number of hydrogen-bond acceptors (Lipinski definition) is 6. The van der Waals surface area contributed by atoms with Crippen LogP contribution < -0.4 is 9.46 Å². The number of ketones is 1. The number of methoxy groups -OCH3 is 1. The number of aromatic nitrogens is 2. The van der Waals surface area contributed by atoms with E-state index in [4.69, 9.17) is 21.1 Å². The first kappa shape index (κ1) is 25.0. The molecule has 2 aromatic heterocycles. The predicted molar refractivity (Wildman–Crippen MR) is 135 cm³/mol. The molecule has 0 amide bonds. The van der Waals surface area contributed by atoms with E-state index in [9.17, 15) is 9.18 Å². The number of pyridine rings is 1. The van der Waals surface area contributed by atoms with Crippen molar-refractivity contribution < 1.29 is 23.0 Å². The number of anilines is 1. The first-order valence-corrected chi connectivity index (χ1v) is 12.1. The zero-order valence-electron chi connectivity index (χ0n) is 19.0. The van der Waals surface area contributed by atoms with Gasteiger partial charge in [0.25, 0.3) is 0 Å². The van der Waals surface area contributed by atoms with E-state index in [1.807, 2.05) is 6.92 Å². The minimum atomic E-state index is -0.938. The molecule has 0 unspecified atom stereocenters. The minimum absolute atomic E-state index is 0.0504. The van der Waals surface area contributed by atoms with Crippen LogP contribution >= 0.6 is 23.5 Å². The molecule has 0 bridgehead atoms. The van der Waals surface area contributed by atoms with Crippen molar-refractivity contribution in [3.05, 3.63) is 76.6 Å². The maximum Gasteiger partial charge on any atom is 0.201 e. The second-order valence-electron chi connectivity index (χ2n) is 7.58. The lowest BCUT2D eigenvalue weighted by atomic mass is 9.99. The Balaban J connectivity index is 1.71. The molecule has 10 heteroatoms. The summed E-state index contributed by atoms with van der Waals surface area (Å²) in [5.74, 6) is -1.40. The van der Waals surface area contributed by atoms with Gasteiger partial charge >= 0.3 is 0 Å². The summed E-state index contributed by atoms with van der Waals surface area (Å²) in [7, 11) is 1.52. The fraction of sp³-hybridized carbons (Fsp3) is 0.200. The van der Waals surface area contributed by atoms with Gasteiger partial charge in [-0.05, 0) is 42.8 Å². The van der Waals surface area contributed by atoms with Crippen LogP contribution in [0.25, 0.3) is 22.2 Å². The molecule has 4 aromatic rings. The highest BCUT2D eigenvalue weighted by atomic mass is 35.5. The minimum Gasteiger partial charge on any atom is -0.468 e. The van der Waals surface area contributed by atoms with Crippen molar-refractivity contribution in [3.8, 4) is 16.9 Å². The molecular formula is C25H22ClF2N3O3S. The van der Waals surface area contributed by atoms with Gasteiger partial charge in [-0.2, -0.15) is 0 Å². The van der Waals surface area contributed by atoms with E-state index in [1.165, 1.54) is 31.3 Å². The van der Waals surface area contributed by atoms with Gasteiger partial charge in [0.05, 0.1) is 16.3 Å². The van der Waals surface area contributed by atoms with E-state index in [0.717, 1.165) is 18.2 Å². The molecule has 0 aliphatic heterocycles. The van der Waals surface area contributed by atoms with Crippen LogP contribution in [0.3, 0.4) is 0 Å². The summed E-state index contributed by atoms with van der Waals surface area (Å²) in [6.07, 6.45) is 3.88. The van der Waals surface area contributed by atoms with Gasteiger partial charge in [-0.1, -0.05) is 30.5 Å². The molecule has 35 heavy (non-hydrogen) atoms. The molecule has 182 valence electrons. The first-order valence-electron chi connectivity index (χ1n) is 10.7. The highest BCUT2D eigenvalue weighted by Crippen LogP contribution is 2.34. The molecule has 2 heterocycles. The summed E-state index contributed by atoms with van der Waals surface area (Å²) < 4.78 is 42.9. The molecule has 0 aliphatic rings. The van der Waals surface area contributed by atoms with Gasteiger partial charge in [-0.15, -0.1) is 0 Å². The van der Waals surface area contributed by atoms with E-state index in [2.05, 4.69) is 14.7 Å². The highest BCUT2D eigenvalue weighted by Gasteiger charge is 2.25. The Morgan fingerprint density at radius 3 is 2.80 bits per heavy atom. The smallest absolute Gasteiger partial charge is 0.201 e. The van der Waals surface area contributed by atoms with Gasteiger partial charge in [-0.25, -0.2) is 13.8 Å². The fourth-order valence-corrected chi connectivity index (χ4v) is 4.39. The van der Waals surface area contributed by atoms with E-state index < -0.39 is 23.0 Å². The molecule has 2 aromatic carbocycles. The van der Waals surface area contributed by atoms with Crippen LogP contribution in [0.2, 0.25) is 5.02 Å². The zero-order valence-corrected chi connectivity index (χ0v) is 20.5. The third-order valence-electron chi connectivity index (χ3n) is 5.18. The number of nitrogens with one attached hydrogen (secondary N) is 2. The van der Waals surface area contributed by atoms with Crippen LogP contribution in [-0.2, 0) is 4.74 Å². The van der Waals surface area contributed by atoms with Crippen molar-refractivity contribution >= 4 is 46.1 Å². The Morgan fingerprint density at radius 1 is 1.23 bits per heavy atom. The molecule has 4 rings (SSSR count). The summed E-state index contributed by atoms with van der Waals surface area (Å²) in [4.78, 5) is 20.5. The highest BCUT2D eigenvalue weighted by molar-refractivity contribution is 8.00. The van der Waals surface area contributed by atoms with Gasteiger partial charge in [-0.3, -0.25) is 4.79 Å². The number of carbonyl (C=O) groups is 1. The number of halogens is 3. The fourth-order valence-electron chi connectivity index (χ4n) is 3.49. The molecule has 0 radical (unpaired) electrons. The summed E-state index contributed by atoms with van der Waals surface area (Å²) in [6, 6.07) is 9.19. The molecule has 0 aliphatic carbocycles. The number of ether oxygens (including phenoxy) is 2. The van der Waals surface area contributed by atoms with Crippen LogP contribution in [0.15, 0.2) is 48.8 Å². The van der Waals surface area contributed by atoms with Gasteiger partial charge < -0.3 is 19.2 Å². The molecule has 6 nitrogen and oxygen atoms in total. The third kappa shape index (κ3) is 5.27. The summed E-state index contributed by atoms with van der Waals surface area (Å²) in [5.41, 5.74) is 1.21. The third-order valence-corrected chi connectivity index (χ3v) is 6.47. The van der Waals surface area contributed by atoms with Crippen LogP contribution in [0.4, 0.5) is 14.5 Å². The lowest BCUT2D eigenvalue weighted by Gasteiger charge is -2.11. The lowest BCUT2D eigenvalue weighted by Crippen LogP contribution is -2.09. The van der Waals surface area contributed by atoms with E-state index >= 15 is 4.39 Å². The van der Waals surface area contributed by atoms with Crippen LogP contribution in [0, 0.1) is 11.6 Å². The van der Waals surface area contributed by atoms with E-state index in [-0.39, 0.29) is 18.0 Å². The van der Waals surface area contributed by atoms with Crippen LogP contribution in [-0.4, -0.2) is 35.4 Å². The monoisotopic (exact) mass is 517 g/mol. The summed E-state index contributed by atoms with van der Waals surface area (Å²) in [6.45, 7) is 2.07. The van der Waals surface area contributed by atoms with Crippen molar-refractivity contribution in [1.82, 2.24) is 9.97 Å². The van der Waals surface area contributed by atoms with Crippen molar-refractivity contribution in [2.24, 2.45) is 0 Å². The predicted octanol–water partition coefficient (Wildman–Crippen LogP) is 6.85. The molecular weight excluding hydrogens is 496 g/mol. The van der Waals surface area contributed by atoms with Gasteiger partial charge in [0.15, 0.2) is 12.6 Å². The average Bonchev–Trinajstić information content (AvgIpc) is 3.27. The Morgan fingerprint density at radius 2 is 2.06 bits per heavy atom. The Labute approximate surface area is 210 Å². The molecule has 2 N–H and O–H groups in total. The van der Waals surface area contributed by atoms with Crippen molar-refractivity contribution in [1.29, 1.82) is 0 Å². The SMILES string of the molecule is CCCSNc1ccc(F)c(C(=O)c2c[nH]c3ncc(-c4ccc(OCOC)cc4Cl)cc23)c1F. The Bertz CT molecular complexity index is 1380. The number of hydrogen-bond donors (Lipinski definition) is 2. The molecule has 0 spiro atoms. The van der Waals surface area contributed by atoms with Crippen LogP contribution in [0.1, 0.15) is 29.3 Å². The van der Waals surface area contributed by atoms with Gasteiger partial charge in [0.1, 0.15) is 17.2 Å². The van der Waals surface area contributed by atoms with Crippen LogP contribution in [0.5, 0.6) is 5.75 Å². The van der Waals surface area contributed by atoms with Gasteiger partial charge in [0, 0.05) is 47.3 Å². The average molecular weight is 518 g/mol. The Kier molecular flexibility index (Phi) is 7.90. The summed E-state index contributed by atoms with van der Waals surface area (Å²) >= 11 is 7.73. The number of carbonyl (C=O) groups excluding carboxylic acids is 1.